The van der Waals surface area contributed by atoms with Gasteiger partial charge in [-0.2, -0.15) is 0 Å². The molecular formula is C21H24BrNO4. The Labute approximate surface area is 168 Å². The number of ether oxygens (including phenoxy) is 2. The summed E-state index contributed by atoms with van der Waals surface area (Å²) in [6, 6.07) is 7.88. The highest BCUT2D eigenvalue weighted by Crippen LogP contribution is 2.39. The molecule has 0 bridgehead atoms. The van der Waals surface area contributed by atoms with Gasteiger partial charge < -0.3 is 14.4 Å². The predicted octanol–water partition coefficient (Wildman–Crippen LogP) is 4.29. The smallest absolute Gasteiger partial charge is 0.336 e. The molecule has 0 spiro atoms. The Balaban J connectivity index is 2.07. The Morgan fingerprint density at radius 1 is 0.926 bits per heavy atom. The number of methoxy groups -OCH3 is 2. The lowest BCUT2D eigenvalue weighted by Gasteiger charge is -2.36. The van der Waals surface area contributed by atoms with Crippen LogP contribution in [0.5, 0.6) is 0 Å². The van der Waals surface area contributed by atoms with Crippen LogP contribution in [0, 0.1) is 0 Å². The zero-order valence-electron chi connectivity index (χ0n) is 15.6. The fraction of sp³-hybridized carbons (Fsp3) is 0.429. The highest BCUT2D eigenvalue weighted by Gasteiger charge is 2.36. The van der Waals surface area contributed by atoms with E-state index in [0.29, 0.717) is 11.1 Å². The van der Waals surface area contributed by atoms with Crippen LogP contribution in [0.1, 0.15) is 43.6 Å². The summed E-state index contributed by atoms with van der Waals surface area (Å²) in [5.41, 5.74) is 1.75. The van der Waals surface area contributed by atoms with E-state index in [9.17, 15) is 9.59 Å². The molecule has 0 radical (unpaired) electrons. The molecule has 1 aliphatic heterocycles. The van der Waals surface area contributed by atoms with Gasteiger partial charge in [-0.15, -0.1) is 0 Å². The zero-order valence-corrected chi connectivity index (χ0v) is 17.2. The number of rotatable bonds is 4. The van der Waals surface area contributed by atoms with Crippen LogP contribution >= 0.6 is 15.9 Å². The van der Waals surface area contributed by atoms with Gasteiger partial charge in [0.15, 0.2) is 0 Å². The Morgan fingerprint density at radius 3 is 1.93 bits per heavy atom. The van der Waals surface area contributed by atoms with E-state index in [1.807, 2.05) is 41.6 Å². The van der Waals surface area contributed by atoms with Crippen LogP contribution in [0.15, 0.2) is 52.3 Å². The summed E-state index contributed by atoms with van der Waals surface area (Å²) in [5.74, 6) is -1.38. The van der Waals surface area contributed by atoms with E-state index in [0.717, 1.165) is 35.7 Å². The second kappa shape index (κ2) is 8.74. The standard InChI is InChI=1S/C21H24BrNO4/c1-26-20(24)17-12-23(16-6-4-3-5-7-16)13-18(21(25)27-2)19(17)14-8-10-15(22)11-9-14/h8-13,16,19H,3-7H2,1-2H3. The van der Waals surface area contributed by atoms with Crippen LogP contribution in [0.2, 0.25) is 0 Å². The van der Waals surface area contributed by atoms with Crippen molar-refractivity contribution in [3.05, 3.63) is 57.8 Å². The van der Waals surface area contributed by atoms with E-state index >= 15 is 0 Å². The molecule has 0 unspecified atom stereocenters. The fourth-order valence-corrected chi connectivity index (χ4v) is 4.12. The number of carbonyl (C=O) groups excluding carboxylic acids is 2. The molecule has 6 heteroatoms. The summed E-state index contributed by atoms with van der Waals surface area (Å²) in [6.07, 6.45) is 9.31. The number of hydrogen-bond donors (Lipinski definition) is 0. The van der Waals surface area contributed by atoms with Crippen molar-refractivity contribution < 1.29 is 19.1 Å². The largest absolute Gasteiger partial charge is 0.466 e. The first-order valence-corrected chi connectivity index (χ1v) is 9.97. The second-order valence-electron chi connectivity index (χ2n) is 6.88. The van der Waals surface area contributed by atoms with Gasteiger partial charge in [0.1, 0.15) is 0 Å². The highest BCUT2D eigenvalue weighted by molar-refractivity contribution is 9.10. The number of nitrogens with zero attached hydrogens (tertiary/aromatic N) is 1. The molecule has 1 aromatic carbocycles. The monoisotopic (exact) mass is 433 g/mol. The van der Waals surface area contributed by atoms with Crippen molar-refractivity contribution in [2.24, 2.45) is 0 Å². The van der Waals surface area contributed by atoms with E-state index in [1.165, 1.54) is 20.6 Å². The van der Waals surface area contributed by atoms with Crippen LogP contribution in [0.25, 0.3) is 0 Å². The van der Waals surface area contributed by atoms with E-state index in [4.69, 9.17) is 9.47 Å². The molecule has 1 fully saturated rings. The third-order valence-corrected chi connectivity index (χ3v) is 5.77. The molecule has 2 aliphatic rings. The summed E-state index contributed by atoms with van der Waals surface area (Å²) in [7, 11) is 2.73. The topological polar surface area (TPSA) is 55.8 Å². The molecule has 0 saturated heterocycles. The van der Waals surface area contributed by atoms with Crippen molar-refractivity contribution >= 4 is 27.9 Å². The van der Waals surface area contributed by atoms with Crippen LogP contribution in [0.4, 0.5) is 0 Å². The highest BCUT2D eigenvalue weighted by atomic mass is 79.9. The molecular weight excluding hydrogens is 410 g/mol. The van der Waals surface area contributed by atoms with E-state index < -0.39 is 17.9 Å². The first kappa shape index (κ1) is 19.7. The average Bonchev–Trinajstić information content (AvgIpc) is 2.73. The average molecular weight is 434 g/mol. The van der Waals surface area contributed by atoms with Gasteiger partial charge in [-0.1, -0.05) is 47.3 Å². The third-order valence-electron chi connectivity index (χ3n) is 5.24. The molecule has 0 amide bonds. The van der Waals surface area contributed by atoms with Gasteiger partial charge in [-0.25, -0.2) is 9.59 Å². The van der Waals surface area contributed by atoms with Gasteiger partial charge in [0, 0.05) is 22.9 Å². The summed E-state index contributed by atoms with van der Waals surface area (Å²) in [5, 5.41) is 0. The minimum absolute atomic E-state index is 0.281. The molecule has 0 N–H and O–H groups in total. The Hall–Kier alpha value is -2.08. The summed E-state index contributed by atoms with van der Waals surface area (Å²) in [6.45, 7) is 0. The van der Waals surface area contributed by atoms with Gasteiger partial charge in [0.05, 0.1) is 31.3 Å². The lowest BCUT2D eigenvalue weighted by atomic mass is 9.82. The minimum Gasteiger partial charge on any atom is -0.466 e. The van der Waals surface area contributed by atoms with E-state index in [2.05, 4.69) is 15.9 Å². The quantitative estimate of drug-likeness (QED) is 0.662. The first-order valence-electron chi connectivity index (χ1n) is 9.18. The van der Waals surface area contributed by atoms with Crippen LogP contribution in [0.3, 0.4) is 0 Å². The molecule has 1 heterocycles. The summed E-state index contributed by atoms with van der Waals surface area (Å²) in [4.78, 5) is 27.2. The summed E-state index contributed by atoms with van der Waals surface area (Å²) < 4.78 is 11.0. The van der Waals surface area contributed by atoms with Gasteiger partial charge >= 0.3 is 11.9 Å². The van der Waals surface area contributed by atoms with Crippen LogP contribution in [-0.2, 0) is 19.1 Å². The molecule has 144 valence electrons. The van der Waals surface area contributed by atoms with Gasteiger partial charge in [-0.3, -0.25) is 0 Å². The fourth-order valence-electron chi connectivity index (χ4n) is 3.86. The number of benzene rings is 1. The maximum absolute atomic E-state index is 12.6. The zero-order chi connectivity index (χ0) is 19.4. The third kappa shape index (κ3) is 4.26. The summed E-state index contributed by atoms with van der Waals surface area (Å²) >= 11 is 3.43. The number of carbonyl (C=O) groups is 2. The van der Waals surface area contributed by atoms with Crippen molar-refractivity contribution in [3.8, 4) is 0 Å². The van der Waals surface area contributed by atoms with Gasteiger partial charge in [-0.05, 0) is 30.5 Å². The molecule has 1 aromatic rings. The maximum Gasteiger partial charge on any atom is 0.336 e. The van der Waals surface area contributed by atoms with Crippen molar-refractivity contribution in [1.29, 1.82) is 0 Å². The Kier molecular flexibility index (Phi) is 6.37. The molecule has 27 heavy (non-hydrogen) atoms. The van der Waals surface area contributed by atoms with Crippen molar-refractivity contribution in [1.82, 2.24) is 4.90 Å². The molecule has 1 aliphatic carbocycles. The molecule has 0 atom stereocenters. The van der Waals surface area contributed by atoms with E-state index in [-0.39, 0.29) is 6.04 Å². The lowest BCUT2D eigenvalue weighted by Crippen LogP contribution is -2.35. The van der Waals surface area contributed by atoms with Crippen LogP contribution < -0.4 is 0 Å². The molecule has 3 rings (SSSR count). The molecule has 0 aromatic heterocycles. The minimum atomic E-state index is -0.516. The molecule has 1 saturated carbocycles. The number of esters is 2. The van der Waals surface area contributed by atoms with Crippen molar-refractivity contribution in [2.45, 2.75) is 44.1 Å². The molecule has 5 nitrogen and oxygen atoms in total. The van der Waals surface area contributed by atoms with Crippen LogP contribution in [-0.4, -0.2) is 37.1 Å². The Bertz CT molecular complexity index is 729. The second-order valence-corrected chi connectivity index (χ2v) is 7.79. The predicted molar refractivity (Wildman–Crippen MR) is 106 cm³/mol. The lowest BCUT2D eigenvalue weighted by molar-refractivity contribution is -0.137. The van der Waals surface area contributed by atoms with E-state index in [1.54, 1.807) is 0 Å². The Morgan fingerprint density at radius 2 is 1.44 bits per heavy atom. The normalized spacial score (nSPS) is 18.6. The maximum atomic E-state index is 12.6. The SMILES string of the molecule is COC(=O)C1=CN(C2CCCCC2)C=C(C(=O)OC)C1c1ccc(Br)cc1. The van der Waals surface area contributed by atoms with Crippen molar-refractivity contribution in [2.75, 3.05) is 14.2 Å². The van der Waals surface area contributed by atoms with Gasteiger partial charge in [0.25, 0.3) is 0 Å². The first-order chi connectivity index (χ1) is 13.0. The number of hydrogen-bond acceptors (Lipinski definition) is 5. The van der Waals surface area contributed by atoms with Gasteiger partial charge in [0.2, 0.25) is 0 Å². The van der Waals surface area contributed by atoms with Crippen molar-refractivity contribution in [3.63, 3.8) is 0 Å². The number of halogens is 1.